The summed E-state index contributed by atoms with van der Waals surface area (Å²) in [5.41, 5.74) is 0. The molecule has 0 aliphatic carbocycles. The van der Waals surface area contributed by atoms with Crippen LogP contribution in [-0.4, -0.2) is 23.9 Å². The smallest absolute Gasteiger partial charge is 0.222 e. The molecule has 1 aliphatic rings. The summed E-state index contributed by atoms with van der Waals surface area (Å²) in [5.74, 6) is 1.25. The van der Waals surface area contributed by atoms with Crippen molar-refractivity contribution >= 4 is 5.91 Å². The Bertz CT molecular complexity index is 309. The van der Waals surface area contributed by atoms with E-state index in [1.165, 1.54) is 96.3 Å². The monoisotopic (exact) mass is 351 g/mol. The van der Waals surface area contributed by atoms with Crippen molar-refractivity contribution in [2.24, 2.45) is 5.92 Å². The minimum Gasteiger partial charge on any atom is -0.343 e. The first-order valence-corrected chi connectivity index (χ1v) is 11.5. The number of amides is 1. The second kappa shape index (κ2) is 15.7. The number of likely N-dealkylation sites (tertiary alicyclic amines) is 1. The zero-order chi connectivity index (χ0) is 18.2. The van der Waals surface area contributed by atoms with E-state index in [2.05, 4.69) is 18.7 Å². The number of hydrogen-bond acceptors (Lipinski definition) is 1. The van der Waals surface area contributed by atoms with Crippen LogP contribution in [0.4, 0.5) is 0 Å². The summed E-state index contributed by atoms with van der Waals surface area (Å²) >= 11 is 0. The van der Waals surface area contributed by atoms with Crippen LogP contribution in [0.25, 0.3) is 0 Å². The van der Waals surface area contributed by atoms with Crippen LogP contribution in [0.1, 0.15) is 123 Å². The Morgan fingerprint density at radius 1 is 0.760 bits per heavy atom. The molecule has 2 nitrogen and oxygen atoms in total. The minimum atomic E-state index is 0.403. The van der Waals surface area contributed by atoms with E-state index in [9.17, 15) is 4.79 Å². The van der Waals surface area contributed by atoms with Crippen LogP contribution >= 0.6 is 0 Å². The molecule has 0 radical (unpaired) electrons. The SMILES string of the molecule is CCCCCCCCCCCCC(C)CCCCC(=O)N1CCCC1. The molecule has 1 rings (SSSR count). The number of carbonyl (C=O) groups excluding carboxylic acids is 1. The molecule has 1 heterocycles. The van der Waals surface area contributed by atoms with Gasteiger partial charge in [-0.25, -0.2) is 0 Å². The Hall–Kier alpha value is -0.530. The summed E-state index contributed by atoms with van der Waals surface area (Å²) in [6.07, 6.45) is 22.5. The Morgan fingerprint density at radius 3 is 1.80 bits per heavy atom. The molecule has 25 heavy (non-hydrogen) atoms. The molecule has 0 aromatic carbocycles. The summed E-state index contributed by atoms with van der Waals surface area (Å²) in [5, 5.41) is 0. The van der Waals surface area contributed by atoms with Gasteiger partial charge in [-0.1, -0.05) is 97.3 Å². The highest BCUT2D eigenvalue weighted by Gasteiger charge is 2.16. The fourth-order valence-electron chi connectivity index (χ4n) is 4.02. The van der Waals surface area contributed by atoms with Gasteiger partial charge in [-0.05, 0) is 25.2 Å². The van der Waals surface area contributed by atoms with Gasteiger partial charge in [0, 0.05) is 19.5 Å². The Balaban J connectivity index is 1.81. The van der Waals surface area contributed by atoms with E-state index in [0.29, 0.717) is 5.91 Å². The lowest BCUT2D eigenvalue weighted by molar-refractivity contribution is -0.130. The molecule has 0 spiro atoms. The van der Waals surface area contributed by atoms with Crippen molar-refractivity contribution in [2.45, 2.75) is 123 Å². The zero-order valence-corrected chi connectivity index (χ0v) is 17.4. The minimum absolute atomic E-state index is 0.403. The molecule has 1 amide bonds. The maximum Gasteiger partial charge on any atom is 0.222 e. The van der Waals surface area contributed by atoms with Gasteiger partial charge in [0.2, 0.25) is 5.91 Å². The van der Waals surface area contributed by atoms with Gasteiger partial charge < -0.3 is 4.90 Å². The van der Waals surface area contributed by atoms with Crippen molar-refractivity contribution in [3.63, 3.8) is 0 Å². The van der Waals surface area contributed by atoms with Crippen LogP contribution in [0, 0.1) is 5.92 Å². The van der Waals surface area contributed by atoms with Gasteiger partial charge in [-0.15, -0.1) is 0 Å². The number of rotatable bonds is 16. The van der Waals surface area contributed by atoms with Crippen LogP contribution < -0.4 is 0 Å². The zero-order valence-electron chi connectivity index (χ0n) is 17.4. The third-order valence-electron chi connectivity index (χ3n) is 5.85. The van der Waals surface area contributed by atoms with Crippen LogP contribution in [0.5, 0.6) is 0 Å². The second-order valence-corrected chi connectivity index (χ2v) is 8.41. The Morgan fingerprint density at radius 2 is 1.24 bits per heavy atom. The topological polar surface area (TPSA) is 20.3 Å². The van der Waals surface area contributed by atoms with Crippen molar-refractivity contribution < 1.29 is 4.79 Å². The van der Waals surface area contributed by atoms with Gasteiger partial charge in [-0.2, -0.15) is 0 Å². The highest BCUT2D eigenvalue weighted by molar-refractivity contribution is 5.76. The average molecular weight is 352 g/mol. The Labute approximate surface area is 158 Å². The lowest BCUT2D eigenvalue weighted by Gasteiger charge is -2.15. The lowest BCUT2D eigenvalue weighted by atomic mass is 9.96. The highest BCUT2D eigenvalue weighted by Crippen LogP contribution is 2.19. The third kappa shape index (κ3) is 12.5. The molecule has 0 aromatic rings. The standard InChI is InChI=1S/C23H45NO/c1-3-4-5-6-7-8-9-10-11-12-17-22(2)18-13-14-19-23(25)24-20-15-16-21-24/h22H,3-21H2,1-2H3. The summed E-state index contributed by atoms with van der Waals surface area (Å²) in [6.45, 7) is 6.70. The number of nitrogens with zero attached hydrogens (tertiary/aromatic N) is 1. The van der Waals surface area contributed by atoms with E-state index in [-0.39, 0.29) is 0 Å². The molecule has 0 N–H and O–H groups in total. The molecular formula is C23H45NO. The summed E-state index contributed by atoms with van der Waals surface area (Å²) in [7, 11) is 0. The average Bonchev–Trinajstić information content (AvgIpc) is 3.15. The number of carbonyl (C=O) groups is 1. The van der Waals surface area contributed by atoms with E-state index in [0.717, 1.165) is 31.8 Å². The number of unbranched alkanes of at least 4 members (excludes halogenated alkanes) is 10. The molecule has 0 bridgehead atoms. The molecule has 1 unspecified atom stereocenters. The maximum atomic E-state index is 12.0. The van der Waals surface area contributed by atoms with Gasteiger partial charge in [0.15, 0.2) is 0 Å². The first-order valence-electron chi connectivity index (χ1n) is 11.5. The van der Waals surface area contributed by atoms with Gasteiger partial charge in [-0.3, -0.25) is 4.79 Å². The normalized spacial score (nSPS) is 15.7. The molecule has 1 atom stereocenters. The fraction of sp³-hybridized carbons (Fsp3) is 0.957. The third-order valence-corrected chi connectivity index (χ3v) is 5.85. The van der Waals surface area contributed by atoms with Gasteiger partial charge in [0.1, 0.15) is 0 Å². The van der Waals surface area contributed by atoms with Gasteiger partial charge >= 0.3 is 0 Å². The molecule has 1 saturated heterocycles. The van der Waals surface area contributed by atoms with Crippen molar-refractivity contribution in [3.8, 4) is 0 Å². The Kier molecular flexibility index (Phi) is 14.1. The molecular weight excluding hydrogens is 306 g/mol. The second-order valence-electron chi connectivity index (χ2n) is 8.41. The maximum absolute atomic E-state index is 12.0. The molecule has 0 aromatic heterocycles. The van der Waals surface area contributed by atoms with Crippen molar-refractivity contribution in [1.82, 2.24) is 4.90 Å². The van der Waals surface area contributed by atoms with Crippen LogP contribution in [0.15, 0.2) is 0 Å². The summed E-state index contributed by atoms with van der Waals surface area (Å²) in [6, 6.07) is 0. The fourth-order valence-corrected chi connectivity index (χ4v) is 4.02. The van der Waals surface area contributed by atoms with Crippen LogP contribution in [0.3, 0.4) is 0 Å². The van der Waals surface area contributed by atoms with Crippen LogP contribution in [-0.2, 0) is 4.79 Å². The quantitative estimate of drug-likeness (QED) is 0.271. The van der Waals surface area contributed by atoms with E-state index < -0.39 is 0 Å². The largest absolute Gasteiger partial charge is 0.343 e. The molecule has 1 fully saturated rings. The van der Waals surface area contributed by atoms with Crippen molar-refractivity contribution in [1.29, 1.82) is 0 Å². The number of hydrogen-bond donors (Lipinski definition) is 0. The van der Waals surface area contributed by atoms with E-state index in [1.807, 2.05) is 0 Å². The molecule has 1 aliphatic heterocycles. The molecule has 0 saturated carbocycles. The lowest BCUT2D eigenvalue weighted by Crippen LogP contribution is -2.27. The molecule has 2 heteroatoms. The van der Waals surface area contributed by atoms with Crippen LogP contribution in [0.2, 0.25) is 0 Å². The highest BCUT2D eigenvalue weighted by atomic mass is 16.2. The first-order chi connectivity index (χ1) is 12.2. The molecule has 148 valence electrons. The van der Waals surface area contributed by atoms with E-state index in [4.69, 9.17) is 0 Å². The predicted octanol–water partition coefficient (Wildman–Crippen LogP) is 7.12. The van der Waals surface area contributed by atoms with E-state index in [1.54, 1.807) is 0 Å². The summed E-state index contributed by atoms with van der Waals surface area (Å²) < 4.78 is 0. The van der Waals surface area contributed by atoms with Crippen molar-refractivity contribution in [3.05, 3.63) is 0 Å². The predicted molar refractivity (Wildman–Crippen MR) is 110 cm³/mol. The van der Waals surface area contributed by atoms with Gasteiger partial charge in [0.25, 0.3) is 0 Å². The first kappa shape index (κ1) is 22.5. The van der Waals surface area contributed by atoms with Crippen molar-refractivity contribution in [2.75, 3.05) is 13.1 Å². The summed E-state index contributed by atoms with van der Waals surface area (Å²) in [4.78, 5) is 14.0. The van der Waals surface area contributed by atoms with Gasteiger partial charge in [0.05, 0.1) is 0 Å². The van der Waals surface area contributed by atoms with E-state index >= 15 is 0 Å².